The molecule has 2 aromatic heterocycles. The van der Waals surface area contributed by atoms with E-state index in [1.54, 1.807) is 17.1 Å². The van der Waals surface area contributed by atoms with Gasteiger partial charge in [0, 0.05) is 51.3 Å². The molecule has 0 spiro atoms. The molecule has 0 atom stereocenters. The molecule has 3 heterocycles. The first-order chi connectivity index (χ1) is 11.5. The largest absolute Gasteiger partial charge is 0.338 e. The molecule has 1 aliphatic heterocycles. The zero-order valence-electron chi connectivity index (χ0n) is 14.0. The Bertz CT molecular complexity index is 692. The minimum Gasteiger partial charge on any atom is -0.338 e. The number of aromatic nitrogens is 3. The fourth-order valence-corrected chi connectivity index (χ4v) is 3.24. The standard InChI is InChI=1S/C17H22BrN5O/c1-17(2,23-13-15(18)11-20-23)16(24)22-8-6-21(7-9-22)12-14-4-3-5-19-10-14/h3-5,10-11,13H,6-9,12H2,1-2H3. The van der Waals surface area contributed by atoms with Gasteiger partial charge in [-0.25, -0.2) is 0 Å². The number of carbonyl (C=O) groups is 1. The average Bonchev–Trinajstić information content (AvgIpc) is 3.03. The molecule has 24 heavy (non-hydrogen) atoms. The number of carbonyl (C=O) groups excluding carboxylic acids is 1. The van der Waals surface area contributed by atoms with Crippen LogP contribution in [-0.2, 0) is 16.9 Å². The number of rotatable bonds is 4. The third kappa shape index (κ3) is 3.67. The van der Waals surface area contributed by atoms with E-state index in [2.05, 4.69) is 37.0 Å². The molecule has 1 saturated heterocycles. The number of pyridine rings is 1. The van der Waals surface area contributed by atoms with Crippen molar-refractivity contribution in [2.45, 2.75) is 25.9 Å². The summed E-state index contributed by atoms with van der Waals surface area (Å²) in [5, 5.41) is 4.28. The van der Waals surface area contributed by atoms with Crippen molar-refractivity contribution in [2.75, 3.05) is 26.2 Å². The number of halogens is 1. The van der Waals surface area contributed by atoms with Gasteiger partial charge in [0.1, 0.15) is 5.54 Å². The highest BCUT2D eigenvalue weighted by Gasteiger charge is 2.35. The molecule has 1 fully saturated rings. The molecule has 0 radical (unpaired) electrons. The molecule has 0 unspecified atom stereocenters. The Balaban J connectivity index is 1.59. The van der Waals surface area contributed by atoms with Crippen molar-refractivity contribution in [1.82, 2.24) is 24.6 Å². The molecule has 3 rings (SSSR count). The third-order valence-corrected chi connectivity index (χ3v) is 4.85. The molecule has 2 aromatic rings. The summed E-state index contributed by atoms with van der Waals surface area (Å²) in [4.78, 5) is 21.4. The maximum atomic E-state index is 12.9. The van der Waals surface area contributed by atoms with Crippen LogP contribution in [0.2, 0.25) is 0 Å². The molecule has 1 aliphatic rings. The van der Waals surface area contributed by atoms with E-state index in [0.29, 0.717) is 0 Å². The quantitative estimate of drug-likeness (QED) is 0.800. The van der Waals surface area contributed by atoms with Gasteiger partial charge in [0.25, 0.3) is 0 Å². The first kappa shape index (κ1) is 17.1. The van der Waals surface area contributed by atoms with Gasteiger partial charge in [-0.3, -0.25) is 19.4 Å². The second-order valence-corrected chi connectivity index (χ2v) is 7.51. The lowest BCUT2D eigenvalue weighted by atomic mass is 10.0. The van der Waals surface area contributed by atoms with E-state index >= 15 is 0 Å². The summed E-state index contributed by atoms with van der Waals surface area (Å²) in [6.07, 6.45) is 7.24. The molecule has 0 N–H and O–H groups in total. The van der Waals surface area contributed by atoms with Gasteiger partial charge < -0.3 is 4.90 Å². The van der Waals surface area contributed by atoms with E-state index in [0.717, 1.165) is 37.2 Å². The van der Waals surface area contributed by atoms with E-state index in [9.17, 15) is 4.79 Å². The number of hydrogen-bond donors (Lipinski definition) is 0. The zero-order chi connectivity index (χ0) is 17.2. The third-order valence-electron chi connectivity index (χ3n) is 4.44. The highest BCUT2D eigenvalue weighted by atomic mass is 79.9. The summed E-state index contributed by atoms with van der Waals surface area (Å²) in [5.74, 6) is 0.110. The zero-order valence-corrected chi connectivity index (χ0v) is 15.6. The Hall–Kier alpha value is -1.73. The van der Waals surface area contributed by atoms with E-state index < -0.39 is 5.54 Å². The van der Waals surface area contributed by atoms with Crippen molar-refractivity contribution in [2.24, 2.45) is 0 Å². The van der Waals surface area contributed by atoms with Crippen LogP contribution in [0.15, 0.2) is 41.4 Å². The van der Waals surface area contributed by atoms with Crippen LogP contribution in [0, 0.1) is 0 Å². The Morgan fingerprint density at radius 1 is 1.25 bits per heavy atom. The average molecular weight is 392 g/mol. The monoisotopic (exact) mass is 391 g/mol. The molecule has 0 aromatic carbocycles. The van der Waals surface area contributed by atoms with Crippen molar-refractivity contribution >= 4 is 21.8 Å². The number of nitrogens with zero attached hydrogens (tertiary/aromatic N) is 5. The Morgan fingerprint density at radius 2 is 2.00 bits per heavy atom. The first-order valence-corrected chi connectivity index (χ1v) is 8.87. The van der Waals surface area contributed by atoms with Gasteiger partial charge in [-0.2, -0.15) is 5.10 Å². The summed E-state index contributed by atoms with van der Waals surface area (Å²) in [6, 6.07) is 4.04. The van der Waals surface area contributed by atoms with Gasteiger partial charge in [-0.05, 0) is 41.4 Å². The minimum absolute atomic E-state index is 0.110. The predicted octanol–water partition coefficient (Wildman–Crippen LogP) is 2.12. The molecular weight excluding hydrogens is 370 g/mol. The minimum atomic E-state index is -0.683. The molecule has 0 aliphatic carbocycles. The summed E-state index contributed by atoms with van der Waals surface area (Å²) in [5.41, 5.74) is 0.524. The number of hydrogen-bond acceptors (Lipinski definition) is 4. The van der Waals surface area contributed by atoms with Gasteiger partial charge in [0.05, 0.1) is 10.7 Å². The SMILES string of the molecule is CC(C)(C(=O)N1CCN(Cc2cccnc2)CC1)n1cc(Br)cn1. The van der Waals surface area contributed by atoms with Crippen LogP contribution in [0.25, 0.3) is 0 Å². The smallest absolute Gasteiger partial charge is 0.250 e. The van der Waals surface area contributed by atoms with Crippen molar-refractivity contribution in [3.63, 3.8) is 0 Å². The van der Waals surface area contributed by atoms with Crippen molar-refractivity contribution < 1.29 is 4.79 Å². The van der Waals surface area contributed by atoms with Crippen LogP contribution in [0.5, 0.6) is 0 Å². The summed E-state index contributed by atoms with van der Waals surface area (Å²) >= 11 is 3.39. The highest BCUT2D eigenvalue weighted by molar-refractivity contribution is 9.10. The second-order valence-electron chi connectivity index (χ2n) is 6.59. The van der Waals surface area contributed by atoms with Crippen molar-refractivity contribution in [3.8, 4) is 0 Å². The molecule has 0 saturated carbocycles. The maximum Gasteiger partial charge on any atom is 0.250 e. The van der Waals surface area contributed by atoms with E-state index in [-0.39, 0.29) is 5.91 Å². The second kappa shape index (κ2) is 7.03. The van der Waals surface area contributed by atoms with E-state index in [1.165, 1.54) is 5.56 Å². The van der Waals surface area contributed by atoms with Crippen LogP contribution < -0.4 is 0 Å². The lowest BCUT2D eigenvalue weighted by molar-refractivity contribution is -0.141. The molecule has 1 amide bonds. The fourth-order valence-electron chi connectivity index (χ4n) is 2.95. The Kier molecular flexibility index (Phi) is 5.01. The van der Waals surface area contributed by atoms with Gasteiger partial charge in [0.2, 0.25) is 5.91 Å². The normalized spacial score (nSPS) is 16.4. The van der Waals surface area contributed by atoms with Gasteiger partial charge in [-0.1, -0.05) is 6.07 Å². The molecule has 128 valence electrons. The number of piperazine rings is 1. The van der Waals surface area contributed by atoms with E-state index in [4.69, 9.17) is 0 Å². The predicted molar refractivity (Wildman–Crippen MR) is 95.3 cm³/mol. The van der Waals surface area contributed by atoms with Crippen LogP contribution in [0.4, 0.5) is 0 Å². The lowest BCUT2D eigenvalue weighted by Crippen LogP contribution is -2.54. The summed E-state index contributed by atoms with van der Waals surface area (Å²) < 4.78 is 2.60. The van der Waals surface area contributed by atoms with Crippen LogP contribution in [-0.4, -0.2) is 56.7 Å². The van der Waals surface area contributed by atoms with E-state index in [1.807, 2.05) is 37.2 Å². The lowest BCUT2D eigenvalue weighted by Gasteiger charge is -2.38. The topological polar surface area (TPSA) is 54.3 Å². The number of amides is 1. The highest BCUT2D eigenvalue weighted by Crippen LogP contribution is 2.21. The Morgan fingerprint density at radius 3 is 2.58 bits per heavy atom. The molecular formula is C17H22BrN5O. The van der Waals surface area contributed by atoms with Crippen molar-refractivity contribution in [3.05, 3.63) is 47.0 Å². The maximum absolute atomic E-state index is 12.9. The van der Waals surface area contributed by atoms with Gasteiger partial charge in [0.15, 0.2) is 0 Å². The van der Waals surface area contributed by atoms with Crippen LogP contribution >= 0.6 is 15.9 Å². The fraction of sp³-hybridized carbons (Fsp3) is 0.471. The molecule has 6 nitrogen and oxygen atoms in total. The van der Waals surface area contributed by atoms with Crippen molar-refractivity contribution in [1.29, 1.82) is 0 Å². The van der Waals surface area contributed by atoms with Gasteiger partial charge >= 0.3 is 0 Å². The molecule has 0 bridgehead atoms. The Labute approximate surface area is 150 Å². The summed E-state index contributed by atoms with van der Waals surface area (Å²) in [6.45, 7) is 7.94. The first-order valence-electron chi connectivity index (χ1n) is 8.08. The summed E-state index contributed by atoms with van der Waals surface area (Å²) in [7, 11) is 0. The molecule has 7 heteroatoms. The van der Waals surface area contributed by atoms with Gasteiger partial charge in [-0.15, -0.1) is 0 Å². The van der Waals surface area contributed by atoms with Crippen LogP contribution in [0.1, 0.15) is 19.4 Å². The van der Waals surface area contributed by atoms with Crippen LogP contribution in [0.3, 0.4) is 0 Å².